The first kappa shape index (κ1) is 14.4. The van der Waals surface area contributed by atoms with Gasteiger partial charge in [-0.3, -0.25) is 4.98 Å². The van der Waals surface area contributed by atoms with E-state index in [9.17, 15) is 8.42 Å². The lowest BCUT2D eigenvalue weighted by molar-refractivity contribution is 0.581. The van der Waals surface area contributed by atoms with Gasteiger partial charge in [0.05, 0.1) is 4.90 Å². The number of hydrogen-bond donors (Lipinski definition) is 1. The molecule has 0 fully saturated rings. The van der Waals surface area contributed by atoms with E-state index < -0.39 is 10.0 Å². The Morgan fingerprint density at radius 2 is 1.84 bits per heavy atom. The van der Waals surface area contributed by atoms with Crippen molar-refractivity contribution in [1.82, 2.24) is 9.71 Å². The van der Waals surface area contributed by atoms with Gasteiger partial charge in [0.2, 0.25) is 10.0 Å². The molecule has 0 bridgehead atoms. The van der Waals surface area contributed by atoms with E-state index in [0.29, 0.717) is 13.0 Å². The van der Waals surface area contributed by atoms with E-state index in [1.807, 2.05) is 18.2 Å². The molecule has 1 heterocycles. The summed E-state index contributed by atoms with van der Waals surface area (Å²) in [6.07, 6.45) is 2.27. The molecule has 100 valence electrons. The summed E-state index contributed by atoms with van der Waals surface area (Å²) in [5.74, 6) is 0. The standard InChI is InChI=1S/C13H13IN2O2S/c14-11-4-6-13(7-5-11)19(17,18)16-10-8-12-3-1-2-9-15-12/h1-7,9,16H,8,10H2. The average Bonchev–Trinajstić information content (AvgIpc) is 2.40. The number of halogens is 1. The molecule has 2 rings (SSSR count). The molecular formula is C13H13IN2O2S. The van der Waals surface area contributed by atoms with E-state index >= 15 is 0 Å². The topological polar surface area (TPSA) is 59.1 Å². The van der Waals surface area contributed by atoms with E-state index in [4.69, 9.17) is 0 Å². The third-order valence-corrected chi connectivity index (χ3v) is 4.72. The number of hydrogen-bond acceptors (Lipinski definition) is 3. The fourth-order valence-electron chi connectivity index (χ4n) is 1.56. The predicted octanol–water partition coefficient (Wildman–Crippen LogP) is 2.21. The van der Waals surface area contributed by atoms with Crippen molar-refractivity contribution in [2.45, 2.75) is 11.3 Å². The van der Waals surface area contributed by atoms with E-state index in [1.165, 1.54) is 0 Å². The highest BCUT2D eigenvalue weighted by Gasteiger charge is 2.12. The van der Waals surface area contributed by atoms with Crippen molar-refractivity contribution in [3.8, 4) is 0 Å². The second-order valence-corrected chi connectivity index (χ2v) is 6.94. The Morgan fingerprint density at radius 1 is 1.11 bits per heavy atom. The molecule has 0 unspecified atom stereocenters. The summed E-state index contributed by atoms with van der Waals surface area (Å²) in [6.45, 7) is 0.339. The third kappa shape index (κ3) is 4.26. The maximum atomic E-state index is 12.0. The van der Waals surface area contributed by atoms with Gasteiger partial charge < -0.3 is 0 Å². The van der Waals surface area contributed by atoms with Crippen LogP contribution in [0.1, 0.15) is 5.69 Å². The zero-order valence-corrected chi connectivity index (χ0v) is 13.1. The molecule has 0 saturated heterocycles. The van der Waals surface area contributed by atoms with Gasteiger partial charge in [-0.05, 0) is 59.0 Å². The lowest BCUT2D eigenvalue weighted by Gasteiger charge is -2.06. The predicted molar refractivity (Wildman–Crippen MR) is 82.3 cm³/mol. The summed E-state index contributed by atoms with van der Waals surface area (Å²) in [6, 6.07) is 12.3. The fourth-order valence-corrected chi connectivity index (χ4v) is 2.95. The number of sulfonamides is 1. The smallest absolute Gasteiger partial charge is 0.240 e. The molecule has 19 heavy (non-hydrogen) atoms. The molecule has 0 aliphatic heterocycles. The van der Waals surface area contributed by atoms with Gasteiger partial charge in [-0.2, -0.15) is 0 Å². The SMILES string of the molecule is O=S(=O)(NCCc1ccccn1)c1ccc(I)cc1. The van der Waals surface area contributed by atoms with Crippen LogP contribution in [0.25, 0.3) is 0 Å². The van der Waals surface area contributed by atoms with Crippen molar-refractivity contribution in [2.75, 3.05) is 6.54 Å². The number of nitrogens with one attached hydrogen (secondary N) is 1. The van der Waals surface area contributed by atoms with Crippen LogP contribution in [0.4, 0.5) is 0 Å². The number of rotatable bonds is 5. The molecule has 1 N–H and O–H groups in total. The normalized spacial score (nSPS) is 11.4. The molecular weight excluding hydrogens is 375 g/mol. The molecule has 0 spiro atoms. The molecule has 0 amide bonds. The number of aromatic nitrogens is 1. The molecule has 1 aromatic heterocycles. The first-order valence-electron chi connectivity index (χ1n) is 5.73. The summed E-state index contributed by atoms with van der Waals surface area (Å²) in [7, 11) is -3.43. The van der Waals surface area contributed by atoms with E-state index in [1.54, 1.807) is 30.5 Å². The highest BCUT2D eigenvalue weighted by atomic mass is 127. The zero-order chi connectivity index (χ0) is 13.7. The maximum Gasteiger partial charge on any atom is 0.240 e. The minimum atomic E-state index is -3.43. The monoisotopic (exact) mass is 388 g/mol. The van der Waals surface area contributed by atoms with Crippen molar-refractivity contribution in [3.05, 3.63) is 57.9 Å². The molecule has 4 nitrogen and oxygen atoms in total. The largest absolute Gasteiger partial charge is 0.261 e. The van der Waals surface area contributed by atoms with Crippen molar-refractivity contribution in [2.24, 2.45) is 0 Å². The maximum absolute atomic E-state index is 12.0. The van der Waals surface area contributed by atoms with Crippen molar-refractivity contribution in [3.63, 3.8) is 0 Å². The Hall–Kier alpha value is -0.990. The van der Waals surface area contributed by atoms with Crippen LogP contribution in [-0.4, -0.2) is 19.9 Å². The van der Waals surface area contributed by atoms with Crippen LogP contribution in [0, 0.1) is 3.57 Å². The molecule has 0 atom stereocenters. The van der Waals surface area contributed by atoms with Crippen molar-refractivity contribution >= 4 is 32.6 Å². The Balaban J connectivity index is 1.97. The molecule has 0 aliphatic rings. The summed E-state index contributed by atoms with van der Waals surface area (Å²) in [4.78, 5) is 4.43. The van der Waals surface area contributed by atoms with Crippen LogP contribution < -0.4 is 4.72 Å². The first-order chi connectivity index (χ1) is 9.08. The van der Waals surface area contributed by atoms with E-state index in [2.05, 4.69) is 32.3 Å². The van der Waals surface area contributed by atoms with Crippen LogP contribution in [-0.2, 0) is 16.4 Å². The van der Waals surface area contributed by atoms with Crippen LogP contribution >= 0.6 is 22.6 Å². The highest BCUT2D eigenvalue weighted by molar-refractivity contribution is 14.1. The molecule has 2 aromatic rings. The molecule has 0 aliphatic carbocycles. The quantitative estimate of drug-likeness (QED) is 0.800. The van der Waals surface area contributed by atoms with E-state index in [-0.39, 0.29) is 4.90 Å². The van der Waals surface area contributed by atoms with Crippen LogP contribution in [0.3, 0.4) is 0 Å². The first-order valence-corrected chi connectivity index (χ1v) is 8.29. The lowest BCUT2D eigenvalue weighted by Crippen LogP contribution is -2.26. The zero-order valence-electron chi connectivity index (χ0n) is 10.1. The van der Waals surface area contributed by atoms with Gasteiger partial charge in [0.25, 0.3) is 0 Å². The number of benzene rings is 1. The van der Waals surface area contributed by atoms with Gasteiger partial charge in [0.15, 0.2) is 0 Å². The number of pyridine rings is 1. The van der Waals surface area contributed by atoms with Gasteiger partial charge >= 0.3 is 0 Å². The Bertz CT molecular complexity index is 627. The van der Waals surface area contributed by atoms with Gasteiger partial charge in [-0.25, -0.2) is 13.1 Å². The van der Waals surface area contributed by atoms with Gasteiger partial charge in [-0.1, -0.05) is 6.07 Å². The van der Waals surface area contributed by atoms with Gasteiger partial charge in [0.1, 0.15) is 0 Å². The lowest BCUT2D eigenvalue weighted by atomic mass is 10.3. The second kappa shape index (κ2) is 6.44. The molecule has 1 aromatic carbocycles. The van der Waals surface area contributed by atoms with Crippen LogP contribution in [0.15, 0.2) is 53.6 Å². The van der Waals surface area contributed by atoms with Gasteiger partial charge in [0, 0.05) is 28.4 Å². The summed E-state index contributed by atoms with van der Waals surface area (Å²) in [5.41, 5.74) is 0.868. The van der Waals surface area contributed by atoms with Gasteiger partial charge in [-0.15, -0.1) is 0 Å². The minimum Gasteiger partial charge on any atom is -0.261 e. The summed E-state index contributed by atoms with van der Waals surface area (Å²) in [5, 5.41) is 0. The van der Waals surface area contributed by atoms with E-state index in [0.717, 1.165) is 9.26 Å². The second-order valence-electron chi connectivity index (χ2n) is 3.92. The number of nitrogens with zero attached hydrogens (tertiary/aromatic N) is 1. The highest BCUT2D eigenvalue weighted by Crippen LogP contribution is 2.11. The van der Waals surface area contributed by atoms with Crippen molar-refractivity contribution in [1.29, 1.82) is 0 Å². The average molecular weight is 388 g/mol. The minimum absolute atomic E-state index is 0.286. The summed E-state index contributed by atoms with van der Waals surface area (Å²) >= 11 is 2.14. The molecule has 0 saturated carbocycles. The third-order valence-electron chi connectivity index (χ3n) is 2.52. The van der Waals surface area contributed by atoms with Crippen molar-refractivity contribution < 1.29 is 8.42 Å². The molecule has 6 heteroatoms. The fraction of sp³-hybridized carbons (Fsp3) is 0.154. The van der Waals surface area contributed by atoms with Crippen LogP contribution in [0.2, 0.25) is 0 Å². The van der Waals surface area contributed by atoms with Crippen LogP contribution in [0.5, 0.6) is 0 Å². The Labute approximate surface area is 126 Å². The summed E-state index contributed by atoms with van der Waals surface area (Å²) < 4.78 is 27.6. The molecule has 0 radical (unpaired) electrons. The Kier molecular flexibility index (Phi) is 4.89. The Morgan fingerprint density at radius 3 is 2.47 bits per heavy atom.